The molecule has 0 amide bonds. The van der Waals surface area contributed by atoms with Crippen molar-refractivity contribution in [2.45, 2.75) is 12.8 Å². The van der Waals surface area contributed by atoms with Crippen LogP contribution in [0.15, 0.2) is 0 Å². The summed E-state index contributed by atoms with van der Waals surface area (Å²) < 4.78 is 23.1. The van der Waals surface area contributed by atoms with E-state index in [0.717, 1.165) is 12.8 Å². The maximum Gasteiger partial charge on any atom is 0.274 e. The topological polar surface area (TPSA) is 98.2 Å². The van der Waals surface area contributed by atoms with Gasteiger partial charge in [0.25, 0.3) is 10.2 Å². The van der Waals surface area contributed by atoms with Crippen molar-refractivity contribution in [3.63, 3.8) is 0 Å². The van der Waals surface area contributed by atoms with E-state index in [1.165, 1.54) is 0 Å². The van der Waals surface area contributed by atoms with E-state index in [1.807, 2.05) is 0 Å². The summed E-state index contributed by atoms with van der Waals surface area (Å²) in [7, 11) is -3.53. The summed E-state index contributed by atoms with van der Waals surface area (Å²) in [5.74, 6) is 0. The maximum atomic E-state index is 10.4. The van der Waals surface area contributed by atoms with Crippen molar-refractivity contribution in [2.75, 3.05) is 13.1 Å². The molecule has 0 radical (unpaired) electrons. The van der Waals surface area contributed by atoms with E-state index < -0.39 is 10.2 Å². The van der Waals surface area contributed by atoms with Gasteiger partial charge in [-0.05, 0) is 24.8 Å². The molecule has 1 rings (SSSR count). The first kappa shape index (κ1) is 8.92. The van der Waals surface area contributed by atoms with Gasteiger partial charge in [-0.25, -0.2) is 9.86 Å². The minimum absolute atomic E-state index is 0.00639. The fourth-order valence-electron chi connectivity index (χ4n) is 0.884. The molecule has 5 nitrogen and oxygen atoms in total. The lowest BCUT2D eigenvalue weighted by molar-refractivity contribution is 0.501. The molecule has 1 aliphatic carbocycles. The lowest BCUT2D eigenvalue weighted by Crippen LogP contribution is -2.37. The highest BCUT2D eigenvalue weighted by Crippen LogP contribution is 2.43. The van der Waals surface area contributed by atoms with E-state index >= 15 is 0 Å². The molecule has 1 fully saturated rings. The zero-order valence-electron chi connectivity index (χ0n) is 6.21. The van der Waals surface area contributed by atoms with Gasteiger partial charge in [0, 0.05) is 6.54 Å². The first-order valence-corrected chi connectivity index (χ1v) is 5.00. The number of hydrogen-bond donors (Lipinski definition) is 3. The molecule has 11 heavy (non-hydrogen) atoms. The zero-order chi connectivity index (χ0) is 8.54. The average molecular weight is 179 g/mol. The second kappa shape index (κ2) is 2.71. The molecule has 0 aliphatic heterocycles. The van der Waals surface area contributed by atoms with Crippen LogP contribution in [0.1, 0.15) is 12.8 Å². The van der Waals surface area contributed by atoms with Crippen LogP contribution >= 0.6 is 0 Å². The lowest BCUT2D eigenvalue weighted by atomic mass is 10.1. The first-order chi connectivity index (χ1) is 4.97. The molecule has 66 valence electrons. The highest BCUT2D eigenvalue weighted by atomic mass is 32.2. The van der Waals surface area contributed by atoms with Crippen LogP contribution in [0.4, 0.5) is 0 Å². The van der Waals surface area contributed by atoms with Gasteiger partial charge in [-0.3, -0.25) is 0 Å². The second-order valence-corrected chi connectivity index (χ2v) is 4.45. The Morgan fingerprint density at radius 2 is 2.00 bits per heavy atom. The van der Waals surface area contributed by atoms with Crippen molar-refractivity contribution in [3.8, 4) is 0 Å². The fourth-order valence-corrected chi connectivity index (χ4v) is 1.39. The molecule has 0 spiro atoms. The largest absolute Gasteiger partial charge is 0.330 e. The van der Waals surface area contributed by atoms with Crippen LogP contribution in [0.3, 0.4) is 0 Å². The Morgan fingerprint density at radius 3 is 2.27 bits per heavy atom. The van der Waals surface area contributed by atoms with Crippen LogP contribution in [0, 0.1) is 5.41 Å². The van der Waals surface area contributed by atoms with Crippen molar-refractivity contribution < 1.29 is 8.42 Å². The normalized spacial score (nSPS) is 21.6. The molecule has 5 N–H and O–H groups in total. The predicted molar refractivity (Wildman–Crippen MR) is 41.8 cm³/mol. The molecule has 6 heteroatoms. The Labute approximate surface area is 66.3 Å². The summed E-state index contributed by atoms with van der Waals surface area (Å²) >= 11 is 0. The Kier molecular flexibility index (Phi) is 2.19. The van der Waals surface area contributed by atoms with E-state index in [2.05, 4.69) is 4.72 Å². The van der Waals surface area contributed by atoms with E-state index in [0.29, 0.717) is 13.1 Å². The van der Waals surface area contributed by atoms with E-state index in [-0.39, 0.29) is 5.41 Å². The van der Waals surface area contributed by atoms with Crippen LogP contribution in [0.5, 0.6) is 0 Å². The summed E-state index contributed by atoms with van der Waals surface area (Å²) in [4.78, 5) is 0. The summed E-state index contributed by atoms with van der Waals surface area (Å²) in [6.07, 6.45) is 1.98. The summed E-state index contributed by atoms with van der Waals surface area (Å²) in [5.41, 5.74) is 5.43. The molecular formula is C5H13N3O2S. The van der Waals surface area contributed by atoms with Gasteiger partial charge in [0.05, 0.1) is 0 Å². The van der Waals surface area contributed by atoms with Gasteiger partial charge in [-0.2, -0.15) is 8.42 Å². The smallest absolute Gasteiger partial charge is 0.274 e. The monoisotopic (exact) mass is 179 g/mol. The molecular weight excluding hydrogens is 166 g/mol. The van der Waals surface area contributed by atoms with Gasteiger partial charge >= 0.3 is 0 Å². The number of hydrogen-bond acceptors (Lipinski definition) is 3. The summed E-state index contributed by atoms with van der Waals surface area (Å²) in [6.45, 7) is 0.901. The van der Waals surface area contributed by atoms with Crippen molar-refractivity contribution in [1.82, 2.24) is 4.72 Å². The van der Waals surface area contributed by atoms with Gasteiger partial charge in [0.2, 0.25) is 0 Å². The third-order valence-electron chi connectivity index (χ3n) is 2.04. The van der Waals surface area contributed by atoms with Crippen LogP contribution < -0.4 is 15.6 Å². The minimum Gasteiger partial charge on any atom is -0.330 e. The minimum atomic E-state index is -3.53. The SMILES string of the molecule is NCC1(CNS(N)(=O)=O)CC1. The number of rotatable bonds is 4. The third kappa shape index (κ3) is 2.74. The van der Waals surface area contributed by atoms with E-state index in [9.17, 15) is 8.42 Å². The Bertz CT molecular complexity index is 232. The molecule has 0 atom stereocenters. The van der Waals surface area contributed by atoms with Gasteiger partial charge in [0.1, 0.15) is 0 Å². The number of nitrogens with two attached hydrogens (primary N) is 2. The number of nitrogens with one attached hydrogen (secondary N) is 1. The molecule has 1 saturated carbocycles. The molecule has 0 aromatic carbocycles. The Hall–Kier alpha value is -0.170. The van der Waals surface area contributed by atoms with Crippen LogP contribution in [0.2, 0.25) is 0 Å². The maximum absolute atomic E-state index is 10.4. The first-order valence-electron chi connectivity index (χ1n) is 3.45. The van der Waals surface area contributed by atoms with Crippen molar-refractivity contribution in [2.24, 2.45) is 16.3 Å². The van der Waals surface area contributed by atoms with Gasteiger partial charge in [-0.15, -0.1) is 0 Å². The standard InChI is InChI=1S/C5H13N3O2S/c6-3-5(1-2-5)4-8-11(7,9)10/h8H,1-4,6H2,(H2,7,9,10). The van der Waals surface area contributed by atoms with E-state index in [1.54, 1.807) is 0 Å². The van der Waals surface area contributed by atoms with Crippen molar-refractivity contribution in [1.29, 1.82) is 0 Å². The second-order valence-electron chi connectivity index (χ2n) is 3.07. The van der Waals surface area contributed by atoms with Crippen molar-refractivity contribution in [3.05, 3.63) is 0 Å². The molecule has 0 bridgehead atoms. The Balaban J connectivity index is 2.33. The molecule has 1 aliphatic rings. The molecule has 0 aromatic rings. The van der Waals surface area contributed by atoms with Crippen LogP contribution in [-0.4, -0.2) is 21.5 Å². The Morgan fingerprint density at radius 1 is 1.45 bits per heavy atom. The summed E-state index contributed by atoms with van der Waals surface area (Å²) in [6, 6.07) is 0. The van der Waals surface area contributed by atoms with E-state index in [4.69, 9.17) is 10.9 Å². The highest BCUT2D eigenvalue weighted by Gasteiger charge is 2.41. The molecule has 0 saturated heterocycles. The molecule has 0 aromatic heterocycles. The molecule has 0 heterocycles. The van der Waals surface area contributed by atoms with Gasteiger partial charge < -0.3 is 5.73 Å². The average Bonchev–Trinajstić information content (AvgIpc) is 2.63. The quantitative estimate of drug-likeness (QED) is 0.490. The van der Waals surface area contributed by atoms with Crippen LogP contribution in [0.25, 0.3) is 0 Å². The van der Waals surface area contributed by atoms with Crippen LogP contribution in [-0.2, 0) is 10.2 Å². The lowest BCUT2D eigenvalue weighted by Gasteiger charge is -2.10. The zero-order valence-corrected chi connectivity index (χ0v) is 7.02. The predicted octanol–water partition coefficient (Wildman–Crippen LogP) is -1.48. The third-order valence-corrected chi connectivity index (χ3v) is 2.59. The van der Waals surface area contributed by atoms with Gasteiger partial charge in [0.15, 0.2) is 0 Å². The summed E-state index contributed by atoms with van der Waals surface area (Å²) in [5, 5.41) is 4.75. The highest BCUT2D eigenvalue weighted by molar-refractivity contribution is 7.87. The van der Waals surface area contributed by atoms with Gasteiger partial charge in [-0.1, -0.05) is 0 Å². The molecule has 0 unspecified atom stereocenters. The van der Waals surface area contributed by atoms with Crippen molar-refractivity contribution >= 4 is 10.2 Å². The fraction of sp³-hybridized carbons (Fsp3) is 1.00.